The topological polar surface area (TPSA) is 105 Å². The van der Waals surface area contributed by atoms with Gasteiger partial charge in [0.1, 0.15) is 12.4 Å². The number of aromatic nitrogens is 4. The van der Waals surface area contributed by atoms with E-state index in [1.54, 1.807) is 42.5 Å². The first kappa shape index (κ1) is 25.1. The van der Waals surface area contributed by atoms with Crippen LogP contribution in [0.15, 0.2) is 48.8 Å². The molecule has 36 heavy (non-hydrogen) atoms. The number of rotatable bonds is 10. The predicted molar refractivity (Wildman–Crippen MR) is 134 cm³/mol. The summed E-state index contributed by atoms with van der Waals surface area (Å²) in [6.07, 6.45) is 3.48. The molecule has 0 saturated carbocycles. The molecule has 4 rings (SSSR count). The Balaban J connectivity index is 1.69. The van der Waals surface area contributed by atoms with Crippen molar-refractivity contribution in [2.24, 2.45) is 0 Å². The van der Waals surface area contributed by atoms with Crippen LogP contribution in [0, 0.1) is 5.82 Å². The smallest absolute Gasteiger partial charge is 0.256 e. The van der Waals surface area contributed by atoms with Gasteiger partial charge in [0.2, 0.25) is 5.91 Å². The van der Waals surface area contributed by atoms with Gasteiger partial charge in [-0.2, -0.15) is 5.10 Å². The molecule has 0 bridgehead atoms. The van der Waals surface area contributed by atoms with Crippen LogP contribution in [0.4, 0.5) is 10.1 Å². The molecule has 0 spiro atoms. The lowest BCUT2D eigenvalue weighted by Crippen LogP contribution is -2.27. The number of nitrogens with one attached hydrogen (secondary N) is 2. The van der Waals surface area contributed by atoms with E-state index in [1.165, 1.54) is 19.2 Å². The zero-order chi connectivity index (χ0) is 25.7. The van der Waals surface area contributed by atoms with Crippen molar-refractivity contribution in [2.75, 3.05) is 26.1 Å². The van der Waals surface area contributed by atoms with Gasteiger partial charge >= 0.3 is 0 Å². The van der Waals surface area contributed by atoms with E-state index in [0.717, 1.165) is 29.8 Å². The fraction of sp³-hybridized carbons (Fsp3) is 0.308. The molecule has 2 heterocycles. The van der Waals surface area contributed by atoms with E-state index < -0.39 is 0 Å². The van der Waals surface area contributed by atoms with E-state index in [9.17, 15) is 14.0 Å². The molecule has 0 aliphatic carbocycles. The molecule has 9 nitrogen and oxygen atoms in total. The second kappa shape index (κ2) is 11.1. The first-order valence-corrected chi connectivity index (χ1v) is 11.7. The van der Waals surface area contributed by atoms with E-state index in [2.05, 4.69) is 27.4 Å². The van der Waals surface area contributed by atoms with Crippen LogP contribution in [0.25, 0.3) is 11.0 Å². The van der Waals surface area contributed by atoms with Crippen LogP contribution in [0.5, 0.6) is 0 Å². The predicted octanol–water partition coefficient (Wildman–Crippen LogP) is 3.76. The number of hydrogen-bond donors (Lipinski definition) is 2. The lowest BCUT2D eigenvalue weighted by atomic mass is 10.1. The Hall–Kier alpha value is -4.05. The monoisotopic (exact) mass is 492 g/mol. The molecule has 2 amide bonds. The zero-order valence-corrected chi connectivity index (χ0v) is 20.5. The number of methoxy groups -OCH3 is 1. The van der Waals surface area contributed by atoms with Gasteiger partial charge < -0.3 is 19.5 Å². The number of benzene rings is 2. The molecular formula is C26H29FN6O3. The summed E-state index contributed by atoms with van der Waals surface area (Å²) in [5.41, 5.74) is 4.65. The lowest BCUT2D eigenvalue weighted by Gasteiger charge is -2.18. The Kier molecular flexibility index (Phi) is 7.74. The Morgan fingerprint density at radius 3 is 2.69 bits per heavy atom. The van der Waals surface area contributed by atoms with Crippen molar-refractivity contribution >= 4 is 28.5 Å². The van der Waals surface area contributed by atoms with Gasteiger partial charge in [-0.3, -0.25) is 14.7 Å². The average molecular weight is 493 g/mol. The summed E-state index contributed by atoms with van der Waals surface area (Å²) in [5.74, 6) is -0.894. The second-order valence-corrected chi connectivity index (χ2v) is 8.67. The summed E-state index contributed by atoms with van der Waals surface area (Å²) in [5, 5.41) is 10.1. The van der Waals surface area contributed by atoms with Crippen molar-refractivity contribution in [1.82, 2.24) is 24.6 Å². The number of halogens is 1. The van der Waals surface area contributed by atoms with Crippen LogP contribution in [0.3, 0.4) is 0 Å². The maximum atomic E-state index is 13.7. The molecule has 4 aromatic rings. The first-order valence-electron chi connectivity index (χ1n) is 11.7. The van der Waals surface area contributed by atoms with E-state index >= 15 is 0 Å². The van der Waals surface area contributed by atoms with Gasteiger partial charge in [0.05, 0.1) is 40.9 Å². The van der Waals surface area contributed by atoms with Crippen molar-refractivity contribution < 1.29 is 18.7 Å². The number of aryl methyl sites for hydroxylation is 1. The number of nitrogens with zero attached hydrogens (tertiary/aromatic N) is 4. The summed E-state index contributed by atoms with van der Waals surface area (Å²) in [6, 6.07) is 11.5. The Morgan fingerprint density at radius 2 is 1.97 bits per heavy atom. The molecule has 0 radical (unpaired) electrons. The van der Waals surface area contributed by atoms with E-state index in [-0.39, 0.29) is 24.2 Å². The molecule has 2 aromatic heterocycles. The average Bonchev–Trinajstić information content (AvgIpc) is 3.46. The Morgan fingerprint density at radius 1 is 1.19 bits per heavy atom. The zero-order valence-electron chi connectivity index (χ0n) is 20.5. The number of carbonyl (C=O) groups excluding carboxylic acids is 2. The second-order valence-electron chi connectivity index (χ2n) is 8.67. The standard InChI is InChI=1S/C26H29FN6O3/c1-4-5-19-10-21(31-30-19)14-32(2)26(35)22-11-20(29-24(34)15-36-3)12-23-25(22)33(16-28-23)13-17-6-8-18(27)9-7-17/h6-12,16H,4-5,13-15H2,1-3H3,(H,29,34)(H,30,31). The maximum absolute atomic E-state index is 13.7. The fourth-order valence-corrected chi connectivity index (χ4v) is 4.09. The fourth-order valence-electron chi connectivity index (χ4n) is 4.09. The number of anilines is 1. The van der Waals surface area contributed by atoms with Crippen LogP contribution < -0.4 is 5.32 Å². The number of H-pyrrole nitrogens is 1. The number of aromatic amines is 1. The third-order valence-electron chi connectivity index (χ3n) is 5.71. The third kappa shape index (κ3) is 5.77. The quantitative estimate of drug-likeness (QED) is 0.351. The Labute approximate surface area is 208 Å². The Bertz CT molecular complexity index is 1360. The normalized spacial score (nSPS) is 11.1. The van der Waals surface area contributed by atoms with E-state index in [1.807, 2.05) is 10.6 Å². The minimum absolute atomic E-state index is 0.111. The molecule has 188 valence electrons. The highest BCUT2D eigenvalue weighted by molar-refractivity contribution is 6.07. The van der Waals surface area contributed by atoms with Gasteiger partial charge in [-0.05, 0) is 42.3 Å². The number of imidazole rings is 1. The van der Waals surface area contributed by atoms with Crippen LogP contribution in [-0.2, 0) is 29.0 Å². The molecule has 2 aromatic carbocycles. The van der Waals surface area contributed by atoms with E-state index in [4.69, 9.17) is 4.74 Å². The molecule has 0 unspecified atom stereocenters. The minimum atomic E-state index is -0.338. The van der Waals surface area contributed by atoms with Gasteiger partial charge in [-0.15, -0.1) is 0 Å². The van der Waals surface area contributed by atoms with Crippen molar-refractivity contribution in [3.05, 3.63) is 77.1 Å². The number of hydrogen-bond acceptors (Lipinski definition) is 5. The van der Waals surface area contributed by atoms with Crippen LogP contribution in [-0.4, -0.2) is 57.2 Å². The SMILES string of the molecule is CCCc1cc(CN(C)C(=O)c2cc(NC(=O)COC)cc3ncn(Cc4ccc(F)cc4)c23)[nH]n1. The highest BCUT2D eigenvalue weighted by Crippen LogP contribution is 2.26. The van der Waals surface area contributed by atoms with Crippen LogP contribution >= 0.6 is 0 Å². The van der Waals surface area contributed by atoms with Gasteiger partial charge in [-0.25, -0.2) is 9.37 Å². The van der Waals surface area contributed by atoms with Crippen molar-refractivity contribution in [3.8, 4) is 0 Å². The van der Waals surface area contributed by atoms with Crippen LogP contribution in [0.2, 0.25) is 0 Å². The number of amides is 2. The lowest BCUT2D eigenvalue weighted by molar-refractivity contribution is -0.119. The summed E-state index contributed by atoms with van der Waals surface area (Å²) < 4.78 is 20.1. The molecule has 0 aliphatic heterocycles. The van der Waals surface area contributed by atoms with Gasteiger partial charge in [0, 0.05) is 26.4 Å². The largest absolute Gasteiger partial charge is 0.375 e. The number of ether oxygens (including phenoxy) is 1. The third-order valence-corrected chi connectivity index (χ3v) is 5.71. The van der Waals surface area contributed by atoms with Crippen molar-refractivity contribution in [3.63, 3.8) is 0 Å². The number of fused-ring (bicyclic) bond motifs is 1. The molecule has 10 heteroatoms. The van der Waals surface area contributed by atoms with E-state index in [0.29, 0.717) is 35.4 Å². The summed E-state index contributed by atoms with van der Waals surface area (Å²) >= 11 is 0. The summed E-state index contributed by atoms with van der Waals surface area (Å²) in [6.45, 7) is 2.71. The molecule has 0 saturated heterocycles. The van der Waals surface area contributed by atoms with Crippen molar-refractivity contribution in [1.29, 1.82) is 0 Å². The highest BCUT2D eigenvalue weighted by Gasteiger charge is 2.21. The molecule has 0 aliphatic rings. The maximum Gasteiger partial charge on any atom is 0.256 e. The molecule has 0 atom stereocenters. The highest BCUT2D eigenvalue weighted by atomic mass is 19.1. The first-order chi connectivity index (χ1) is 17.4. The van der Waals surface area contributed by atoms with Gasteiger partial charge in [0.25, 0.3) is 5.91 Å². The van der Waals surface area contributed by atoms with Gasteiger partial charge in [0.15, 0.2) is 0 Å². The molecule has 2 N–H and O–H groups in total. The van der Waals surface area contributed by atoms with Gasteiger partial charge in [-0.1, -0.05) is 25.5 Å². The molecular weight excluding hydrogens is 463 g/mol. The number of carbonyl (C=O) groups is 2. The summed E-state index contributed by atoms with van der Waals surface area (Å²) in [7, 11) is 3.15. The summed E-state index contributed by atoms with van der Waals surface area (Å²) in [4.78, 5) is 31.9. The molecule has 0 fully saturated rings. The van der Waals surface area contributed by atoms with Crippen LogP contribution in [0.1, 0.15) is 40.7 Å². The van der Waals surface area contributed by atoms with Crippen molar-refractivity contribution in [2.45, 2.75) is 32.9 Å². The minimum Gasteiger partial charge on any atom is -0.375 e.